The van der Waals surface area contributed by atoms with Crippen LogP contribution in [0.2, 0.25) is 0 Å². The Morgan fingerprint density at radius 1 is 1.00 bits per heavy atom. The Morgan fingerprint density at radius 3 is 2.20 bits per heavy atom. The molecular formula is C18H27NO6. The van der Waals surface area contributed by atoms with E-state index >= 15 is 0 Å². The molecule has 1 amide bonds. The zero-order valence-corrected chi connectivity index (χ0v) is 15.2. The summed E-state index contributed by atoms with van der Waals surface area (Å²) < 4.78 is 20.5. The second-order valence-electron chi connectivity index (χ2n) is 5.25. The van der Waals surface area contributed by atoms with Crippen molar-refractivity contribution in [2.45, 2.75) is 19.8 Å². The van der Waals surface area contributed by atoms with Gasteiger partial charge in [0.15, 0.2) is 6.61 Å². The highest BCUT2D eigenvalue weighted by molar-refractivity contribution is 5.78. The maximum Gasteiger partial charge on any atom is 0.307 e. The summed E-state index contributed by atoms with van der Waals surface area (Å²) in [5.41, 5.74) is 0. The van der Waals surface area contributed by atoms with Gasteiger partial charge in [0.25, 0.3) is 5.91 Å². The molecule has 0 radical (unpaired) electrons. The minimum absolute atomic E-state index is 0.0951. The average Bonchev–Trinajstić information content (AvgIpc) is 2.63. The largest absolute Gasteiger partial charge is 0.494 e. The van der Waals surface area contributed by atoms with Crippen molar-refractivity contribution in [3.05, 3.63) is 24.3 Å². The van der Waals surface area contributed by atoms with E-state index in [9.17, 15) is 9.59 Å². The van der Waals surface area contributed by atoms with Crippen LogP contribution >= 0.6 is 0 Å². The number of hydrogen-bond donors (Lipinski definition) is 0. The quantitative estimate of drug-likeness (QED) is 0.422. The smallest absolute Gasteiger partial charge is 0.307 e. The molecule has 0 saturated heterocycles. The molecule has 0 saturated carbocycles. The second-order valence-corrected chi connectivity index (χ2v) is 5.25. The van der Waals surface area contributed by atoms with Crippen molar-refractivity contribution in [3.8, 4) is 11.5 Å². The van der Waals surface area contributed by atoms with Crippen molar-refractivity contribution in [3.63, 3.8) is 0 Å². The van der Waals surface area contributed by atoms with Gasteiger partial charge >= 0.3 is 5.97 Å². The van der Waals surface area contributed by atoms with Crippen molar-refractivity contribution in [1.29, 1.82) is 0 Å². The molecule has 1 aromatic rings. The van der Waals surface area contributed by atoms with Gasteiger partial charge in [0, 0.05) is 26.8 Å². The molecule has 0 aliphatic carbocycles. The van der Waals surface area contributed by atoms with Crippen molar-refractivity contribution in [2.75, 3.05) is 47.1 Å². The zero-order chi connectivity index (χ0) is 18.5. The van der Waals surface area contributed by atoms with Gasteiger partial charge in [-0.1, -0.05) is 0 Å². The molecule has 0 bridgehead atoms. The molecule has 0 aliphatic heterocycles. The maximum atomic E-state index is 12.4. The van der Waals surface area contributed by atoms with Crippen molar-refractivity contribution < 1.29 is 28.5 Å². The predicted molar refractivity (Wildman–Crippen MR) is 92.8 cm³/mol. The van der Waals surface area contributed by atoms with Crippen LogP contribution in [-0.4, -0.2) is 63.9 Å². The van der Waals surface area contributed by atoms with Crippen LogP contribution in [0.25, 0.3) is 0 Å². The van der Waals surface area contributed by atoms with Crippen LogP contribution in [0.15, 0.2) is 24.3 Å². The van der Waals surface area contributed by atoms with Gasteiger partial charge in [0.2, 0.25) is 0 Å². The number of carbonyl (C=O) groups is 2. The first-order valence-electron chi connectivity index (χ1n) is 8.29. The number of rotatable bonds is 12. The molecule has 140 valence electrons. The van der Waals surface area contributed by atoms with Gasteiger partial charge in [0.05, 0.1) is 20.1 Å². The summed E-state index contributed by atoms with van der Waals surface area (Å²) in [6.45, 7) is 3.74. The van der Waals surface area contributed by atoms with Gasteiger partial charge in [-0.2, -0.15) is 0 Å². The van der Waals surface area contributed by atoms with E-state index in [1.165, 1.54) is 7.11 Å². The first-order chi connectivity index (χ1) is 12.1. The number of esters is 1. The highest BCUT2D eigenvalue weighted by Crippen LogP contribution is 2.17. The fourth-order valence-electron chi connectivity index (χ4n) is 2.12. The molecule has 0 unspecified atom stereocenters. The van der Waals surface area contributed by atoms with Crippen molar-refractivity contribution in [2.24, 2.45) is 0 Å². The predicted octanol–water partition coefficient (Wildman–Crippen LogP) is 1.89. The van der Waals surface area contributed by atoms with E-state index in [1.54, 1.807) is 36.3 Å². The molecule has 0 aromatic heterocycles. The Kier molecular flexibility index (Phi) is 10.1. The van der Waals surface area contributed by atoms with Gasteiger partial charge in [-0.25, -0.2) is 0 Å². The third-order valence-corrected chi connectivity index (χ3v) is 3.44. The molecule has 1 aromatic carbocycles. The summed E-state index contributed by atoms with van der Waals surface area (Å²) >= 11 is 0. The summed E-state index contributed by atoms with van der Waals surface area (Å²) in [5.74, 6) is 0.799. The Hall–Kier alpha value is -2.28. The van der Waals surface area contributed by atoms with E-state index in [0.29, 0.717) is 38.5 Å². The van der Waals surface area contributed by atoms with Crippen LogP contribution < -0.4 is 9.47 Å². The summed E-state index contributed by atoms with van der Waals surface area (Å²) in [4.78, 5) is 25.3. The summed E-state index contributed by atoms with van der Waals surface area (Å²) in [6, 6.07) is 7.08. The normalized spacial score (nSPS) is 10.2. The van der Waals surface area contributed by atoms with Gasteiger partial charge in [-0.05, 0) is 37.6 Å². The Balaban J connectivity index is 2.52. The van der Waals surface area contributed by atoms with Crippen LogP contribution in [0.1, 0.15) is 19.8 Å². The standard InChI is InChI=1S/C18H27NO6/c1-4-24-15-6-8-16(9-7-15)25-14-17(20)19(11-5-13-22-2)12-10-18(21)23-3/h6-9H,4-5,10-14H2,1-3H3. The topological polar surface area (TPSA) is 74.3 Å². The molecular weight excluding hydrogens is 326 g/mol. The van der Waals surface area contributed by atoms with Crippen LogP contribution in [0, 0.1) is 0 Å². The summed E-state index contributed by atoms with van der Waals surface area (Å²) in [5, 5.41) is 0. The summed E-state index contributed by atoms with van der Waals surface area (Å²) in [6.07, 6.45) is 0.838. The number of methoxy groups -OCH3 is 2. The first kappa shape index (κ1) is 20.8. The highest BCUT2D eigenvalue weighted by Gasteiger charge is 2.16. The summed E-state index contributed by atoms with van der Waals surface area (Å²) in [7, 11) is 2.93. The third-order valence-electron chi connectivity index (χ3n) is 3.44. The molecule has 25 heavy (non-hydrogen) atoms. The number of benzene rings is 1. The van der Waals surface area contributed by atoms with E-state index < -0.39 is 0 Å². The lowest BCUT2D eigenvalue weighted by atomic mass is 10.3. The Morgan fingerprint density at radius 2 is 1.64 bits per heavy atom. The minimum Gasteiger partial charge on any atom is -0.494 e. The van der Waals surface area contributed by atoms with E-state index in [-0.39, 0.29) is 24.9 Å². The van der Waals surface area contributed by atoms with Crippen LogP contribution in [-0.2, 0) is 19.1 Å². The third kappa shape index (κ3) is 8.39. The lowest BCUT2D eigenvalue weighted by Crippen LogP contribution is -2.37. The van der Waals surface area contributed by atoms with E-state index in [2.05, 4.69) is 4.74 Å². The molecule has 0 fully saturated rings. The number of carbonyl (C=O) groups excluding carboxylic acids is 2. The number of amides is 1. The van der Waals surface area contributed by atoms with E-state index in [1.807, 2.05) is 6.92 Å². The molecule has 0 N–H and O–H groups in total. The van der Waals surface area contributed by atoms with Crippen LogP contribution in [0.4, 0.5) is 0 Å². The molecule has 7 nitrogen and oxygen atoms in total. The van der Waals surface area contributed by atoms with Gasteiger partial charge in [0.1, 0.15) is 11.5 Å². The number of nitrogens with zero attached hydrogens (tertiary/aromatic N) is 1. The molecule has 0 spiro atoms. The highest BCUT2D eigenvalue weighted by atomic mass is 16.5. The Labute approximate surface area is 148 Å². The maximum absolute atomic E-state index is 12.4. The van der Waals surface area contributed by atoms with E-state index in [0.717, 1.165) is 5.75 Å². The molecule has 0 aliphatic rings. The first-order valence-corrected chi connectivity index (χ1v) is 8.29. The SMILES string of the molecule is CCOc1ccc(OCC(=O)N(CCCOC)CCC(=O)OC)cc1. The monoisotopic (exact) mass is 353 g/mol. The van der Waals surface area contributed by atoms with E-state index in [4.69, 9.17) is 14.2 Å². The van der Waals surface area contributed by atoms with Crippen molar-refractivity contribution in [1.82, 2.24) is 4.90 Å². The lowest BCUT2D eigenvalue weighted by molar-refractivity contribution is -0.142. The molecule has 0 atom stereocenters. The lowest BCUT2D eigenvalue weighted by Gasteiger charge is -2.22. The average molecular weight is 353 g/mol. The van der Waals surface area contributed by atoms with Crippen molar-refractivity contribution >= 4 is 11.9 Å². The number of ether oxygens (including phenoxy) is 4. The van der Waals surface area contributed by atoms with Crippen LogP contribution in [0.5, 0.6) is 11.5 Å². The second kappa shape index (κ2) is 12.1. The van der Waals surface area contributed by atoms with Gasteiger partial charge < -0.3 is 23.8 Å². The van der Waals surface area contributed by atoms with Gasteiger partial charge in [-0.3, -0.25) is 9.59 Å². The molecule has 1 rings (SSSR count). The zero-order valence-electron chi connectivity index (χ0n) is 15.2. The minimum atomic E-state index is -0.350. The molecule has 7 heteroatoms. The fraction of sp³-hybridized carbons (Fsp3) is 0.556. The van der Waals surface area contributed by atoms with Crippen LogP contribution in [0.3, 0.4) is 0 Å². The number of hydrogen-bond acceptors (Lipinski definition) is 6. The van der Waals surface area contributed by atoms with Gasteiger partial charge in [-0.15, -0.1) is 0 Å². The fourth-order valence-corrected chi connectivity index (χ4v) is 2.12. The molecule has 0 heterocycles. The Bertz CT molecular complexity index is 517.